The van der Waals surface area contributed by atoms with Gasteiger partial charge in [0.15, 0.2) is 0 Å². The SMILES string of the molecule is [2H]/C=C/CC(CC(C)(C)OC(N)=O)c1cc(Cl)nc(C)n1. The van der Waals surface area contributed by atoms with Crippen molar-refractivity contribution >= 4 is 17.7 Å². The largest absolute Gasteiger partial charge is 0.444 e. The van der Waals surface area contributed by atoms with Crippen LogP contribution >= 0.6 is 11.6 Å². The Hall–Kier alpha value is -1.62. The van der Waals surface area contributed by atoms with Gasteiger partial charge in [0.1, 0.15) is 16.6 Å². The number of hydrogen-bond donors (Lipinski definition) is 1. The van der Waals surface area contributed by atoms with Crippen molar-refractivity contribution in [1.82, 2.24) is 9.97 Å². The Morgan fingerprint density at radius 3 is 2.95 bits per heavy atom. The Labute approximate surface area is 125 Å². The number of hydrogen-bond acceptors (Lipinski definition) is 4. The highest BCUT2D eigenvalue weighted by Crippen LogP contribution is 2.31. The number of halogens is 1. The lowest BCUT2D eigenvalue weighted by molar-refractivity contribution is 0.0335. The maximum atomic E-state index is 11.0. The van der Waals surface area contributed by atoms with E-state index in [0.29, 0.717) is 23.8 Å². The fourth-order valence-electron chi connectivity index (χ4n) is 2.14. The topological polar surface area (TPSA) is 78.1 Å². The average molecular weight is 299 g/mol. The van der Waals surface area contributed by atoms with Crippen molar-refractivity contribution in [1.29, 1.82) is 0 Å². The van der Waals surface area contributed by atoms with Crippen molar-refractivity contribution in [3.8, 4) is 0 Å². The number of aromatic nitrogens is 2. The first-order valence-corrected chi connectivity index (χ1v) is 6.64. The number of rotatable bonds is 6. The van der Waals surface area contributed by atoms with E-state index in [9.17, 15) is 4.79 Å². The quantitative estimate of drug-likeness (QED) is 0.645. The molecule has 0 aromatic carbocycles. The van der Waals surface area contributed by atoms with Crippen LogP contribution in [0, 0.1) is 6.92 Å². The Morgan fingerprint density at radius 2 is 2.40 bits per heavy atom. The van der Waals surface area contributed by atoms with Crippen LogP contribution < -0.4 is 5.73 Å². The summed E-state index contributed by atoms with van der Waals surface area (Å²) in [7, 11) is 0. The molecule has 0 aliphatic carbocycles. The van der Waals surface area contributed by atoms with Crippen molar-refractivity contribution in [2.45, 2.75) is 45.1 Å². The van der Waals surface area contributed by atoms with E-state index in [1.165, 1.54) is 6.55 Å². The first-order valence-electron chi connectivity index (χ1n) is 6.84. The molecule has 5 nitrogen and oxygen atoms in total. The van der Waals surface area contributed by atoms with Crippen LogP contribution in [0.3, 0.4) is 0 Å². The molecule has 0 spiro atoms. The minimum absolute atomic E-state index is 0.0554. The Kier molecular flexibility index (Phi) is 4.95. The van der Waals surface area contributed by atoms with E-state index >= 15 is 0 Å². The number of carbonyl (C=O) groups excluding carboxylic acids is 1. The third-order valence-electron chi connectivity index (χ3n) is 2.78. The Morgan fingerprint density at radius 1 is 1.70 bits per heavy atom. The summed E-state index contributed by atoms with van der Waals surface area (Å²) in [5.41, 5.74) is 5.11. The lowest BCUT2D eigenvalue weighted by Crippen LogP contribution is -2.33. The number of nitrogens with zero attached hydrogens (tertiary/aromatic N) is 2. The van der Waals surface area contributed by atoms with Gasteiger partial charge in [-0.2, -0.15) is 0 Å². The van der Waals surface area contributed by atoms with Gasteiger partial charge in [0.25, 0.3) is 0 Å². The highest BCUT2D eigenvalue weighted by molar-refractivity contribution is 6.29. The zero-order valence-corrected chi connectivity index (χ0v) is 12.6. The number of amides is 1. The summed E-state index contributed by atoms with van der Waals surface area (Å²) < 4.78 is 12.3. The number of allylic oxidation sites excluding steroid dienone is 1. The molecule has 20 heavy (non-hydrogen) atoms. The summed E-state index contributed by atoms with van der Waals surface area (Å²) >= 11 is 5.97. The van der Waals surface area contributed by atoms with Crippen LogP contribution in [0.4, 0.5) is 4.79 Å². The molecule has 0 aliphatic heterocycles. The van der Waals surface area contributed by atoms with Gasteiger partial charge in [-0.15, -0.1) is 6.55 Å². The van der Waals surface area contributed by atoms with Crippen LogP contribution in [0.1, 0.15) is 45.5 Å². The van der Waals surface area contributed by atoms with Crippen LogP contribution in [0.5, 0.6) is 0 Å². The van der Waals surface area contributed by atoms with E-state index in [-0.39, 0.29) is 5.92 Å². The summed E-state index contributed by atoms with van der Waals surface area (Å²) in [6.45, 7) is 6.55. The van der Waals surface area contributed by atoms with Gasteiger partial charge in [-0.05, 0) is 39.7 Å². The van der Waals surface area contributed by atoms with Gasteiger partial charge in [-0.3, -0.25) is 0 Å². The molecule has 0 bridgehead atoms. The second-order valence-electron chi connectivity index (χ2n) is 5.22. The van der Waals surface area contributed by atoms with Gasteiger partial charge in [0.2, 0.25) is 0 Å². The Bertz CT molecular complexity index is 515. The molecule has 0 saturated carbocycles. The standard InChI is InChI=1S/C14H20ClN3O2/c1-5-6-10(8-14(3,4)20-13(16)19)11-7-12(15)18-9(2)17-11/h5,7,10H,1,6,8H2,2-4H3,(H2,16,19)/i1D/b5-1+. The number of nitrogens with two attached hydrogens (primary N) is 1. The molecule has 0 radical (unpaired) electrons. The highest BCUT2D eigenvalue weighted by Gasteiger charge is 2.28. The summed E-state index contributed by atoms with van der Waals surface area (Å²) in [4.78, 5) is 19.4. The molecule has 0 aliphatic rings. The van der Waals surface area contributed by atoms with Crippen molar-refractivity contribution in [3.63, 3.8) is 0 Å². The fraction of sp³-hybridized carbons (Fsp3) is 0.500. The number of carbonyl (C=O) groups is 1. The number of ether oxygens (including phenoxy) is 1. The molecular formula is C14H20ClN3O2. The maximum Gasteiger partial charge on any atom is 0.405 e. The molecule has 6 heteroatoms. The molecule has 1 aromatic heterocycles. The summed E-state index contributed by atoms with van der Waals surface area (Å²) in [6.07, 6.45) is 2.00. The second kappa shape index (κ2) is 6.70. The van der Waals surface area contributed by atoms with E-state index < -0.39 is 11.7 Å². The smallest absolute Gasteiger partial charge is 0.405 e. The predicted molar refractivity (Wildman–Crippen MR) is 78.7 cm³/mol. The molecular weight excluding hydrogens is 278 g/mol. The summed E-state index contributed by atoms with van der Waals surface area (Å²) in [5, 5.41) is 0.367. The molecule has 110 valence electrons. The minimum Gasteiger partial charge on any atom is -0.444 e. The molecule has 1 amide bonds. The van der Waals surface area contributed by atoms with Crippen molar-refractivity contribution < 1.29 is 10.9 Å². The predicted octanol–water partition coefficient (Wildman–Crippen LogP) is 3.36. The van der Waals surface area contributed by atoms with Gasteiger partial charge in [0.05, 0.1) is 1.37 Å². The fourth-order valence-corrected chi connectivity index (χ4v) is 2.38. The van der Waals surface area contributed by atoms with E-state index in [0.717, 1.165) is 5.69 Å². The van der Waals surface area contributed by atoms with Crippen LogP contribution in [0.2, 0.25) is 5.15 Å². The van der Waals surface area contributed by atoms with E-state index in [4.69, 9.17) is 23.4 Å². The van der Waals surface area contributed by atoms with Gasteiger partial charge < -0.3 is 10.5 Å². The monoisotopic (exact) mass is 298 g/mol. The molecule has 1 heterocycles. The van der Waals surface area contributed by atoms with Crippen LogP contribution in [-0.2, 0) is 4.74 Å². The molecule has 1 unspecified atom stereocenters. The molecule has 1 atom stereocenters. The van der Waals surface area contributed by atoms with Crippen LogP contribution in [0.25, 0.3) is 0 Å². The first kappa shape index (κ1) is 14.8. The maximum absolute atomic E-state index is 11.0. The van der Waals surface area contributed by atoms with Crippen molar-refractivity contribution in [3.05, 3.63) is 35.4 Å². The van der Waals surface area contributed by atoms with Gasteiger partial charge >= 0.3 is 6.09 Å². The van der Waals surface area contributed by atoms with Gasteiger partial charge in [0, 0.05) is 11.6 Å². The van der Waals surface area contributed by atoms with Gasteiger partial charge in [-0.1, -0.05) is 17.7 Å². The second-order valence-corrected chi connectivity index (χ2v) is 5.60. The molecule has 0 fully saturated rings. The first-order chi connectivity index (χ1) is 9.73. The van der Waals surface area contributed by atoms with Crippen LogP contribution in [0.15, 0.2) is 18.7 Å². The normalized spacial score (nSPS) is 14.1. The van der Waals surface area contributed by atoms with E-state index in [2.05, 4.69) is 9.97 Å². The summed E-state index contributed by atoms with van der Waals surface area (Å²) in [6, 6.07) is 1.69. The molecule has 1 rings (SSSR count). The third kappa shape index (κ3) is 5.17. The van der Waals surface area contributed by atoms with Crippen molar-refractivity contribution in [2.24, 2.45) is 5.73 Å². The average Bonchev–Trinajstić information content (AvgIpc) is 2.31. The Balaban J connectivity index is 3.02. The lowest BCUT2D eigenvalue weighted by Gasteiger charge is -2.28. The molecule has 0 saturated heterocycles. The van der Waals surface area contributed by atoms with Crippen LogP contribution in [-0.4, -0.2) is 21.7 Å². The third-order valence-corrected chi connectivity index (χ3v) is 2.97. The lowest BCUT2D eigenvalue weighted by atomic mass is 9.88. The van der Waals surface area contributed by atoms with E-state index in [1.54, 1.807) is 32.9 Å². The highest BCUT2D eigenvalue weighted by atomic mass is 35.5. The number of aryl methyl sites for hydroxylation is 1. The van der Waals surface area contributed by atoms with Crippen molar-refractivity contribution in [2.75, 3.05) is 0 Å². The molecule has 1 aromatic rings. The number of primary amides is 1. The van der Waals surface area contributed by atoms with E-state index in [1.807, 2.05) is 0 Å². The minimum atomic E-state index is -0.813. The zero-order valence-electron chi connectivity index (χ0n) is 12.9. The molecule has 2 N–H and O–H groups in total. The summed E-state index contributed by atoms with van der Waals surface area (Å²) in [5.74, 6) is 0.520. The van der Waals surface area contributed by atoms with Gasteiger partial charge in [-0.25, -0.2) is 14.8 Å². The zero-order chi connectivity index (χ0) is 16.0.